The van der Waals surface area contributed by atoms with Crippen molar-refractivity contribution in [3.63, 3.8) is 0 Å². The van der Waals surface area contributed by atoms with Crippen LogP contribution in [0.1, 0.15) is 21.5 Å². The van der Waals surface area contributed by atoms with Gasteiger partial charge in [0.05, 0.1) is 4.90 Å². The summed E-state index contributed by atoms with van der Waals surface area (Å²) in [5, 5.41) is 0. The summed E-state index contributed by atoms with van der Waals surface area (Å²) >= 11 is 0. The number of aryl methyl sites for hydroxylation is 2. The Morgan fingerprint density at radius 2 is 1.59 bits per heavy atom. The summed E-state index contributed by atoms with van der Waals surface area (Å²) < 4.78 is 38.7. The summed E-state index contributed by atoms with van der Waals surface area (Å²) in [7, 11) is -3.61. The van der Waals surface area contributed by atoms with Crippen molar-refractivity contribution in [2.45, 2.75) is 18.7 Å². The molecule has 8 heteroatoms. The molecule has 1 fully saturated rings. The maximum atomic E-state index is 13.1. The van der Waals surface area contributed by atoms with E-state index in [0.29, 0.717) is 56.5 Å². The fourth-order valence-corrected chi connectivity index (χ4v) is 5.23. The second-order valence-electron chi connectivity index (χ2n) is 7.31. The summed E-state index contributed by atoms with van der Waals surface area (Å²) in [6.45, 7) is 6.73. The van der Waals surface area contributed by atoms with Gasteiger partial charge in [-0.2, -0.15) is 4.31 Å². The number of rotatable bonds is 4. The van der Waals surface area contributed by atoms with E-state index in [9.17, 15) is 13.2 Å². The van der Waals surface area contributed by atoms with Crippen LogP contribution in [-0.4, -0.2) is 58.4 Å². The molecule has 0 radical (unpaired) electrons. The molecule has 0 unspecified atom stereocenters. The molecule has 0 aromatic heterocycles. The highest BCUT2D eigenvalue weighted by atomic mass is 32.2. The minimum Gasteiger partial charge on any atom is -0.486 e. The van der Waals surface area contributed by atoms with Crippen LogP contribution in [0.15, 0.2) is 35.2 Å². The summed E-state index contributed by atoms with van der Waals surface area (Å²) in [5.74, 6) is 1.04. The van der Waals surface area contributed by atoms with Crippen molar-refractivity contribution >= 4 is 22.0 Å². The number of anilines is 1. The van der Waals surface area contributed by atoms with E-state index >= 15 is 0 Å². The standard InChI is InChI=1S/C21H24N2O5S/c1-15-12-19(16(2)11-17(15)14-24)22-5-7-23(8-6-22)29(25,26)18-3-4-20-21(13-18)28-10-9-27-20/h3-4,11-14H,5-10H2,1-2H3. The highest BCUT2D eigenvalue weighted by Crippen LogP contribution is 2.33. The Labute approximate surface area is 170 Å². The molecule has 4 rings (SSSR count). The molecule has 0 bridgehead atoms. The van der Waals surface area contributed by atoms with Crippen molar-refractivity contribution in [1.82, 2.24) is 4.31 Å². The number of sulfonamides is 1. The Morgan fingerprint density at radius 1 is 0.897 bits per heavy atom. The lowest BCUT2D eigenvalue weighted by molar-refractivity contribution is 0.112. The summed E-state index contributed by atoms with van der Waals surface area (Å²) in [6, 6.07) is 8.65. The number of carbonyl (C=O) groups is 1. The van der Waals surface area contributed by atoms with E-state index in [-0.39, 0.29) is 4.90 Å². The van der Waals surface area contributed by atoms with Gasteiger partial charge in [-0.3, -0.25) is 4.79 Å². The van der Waals surface area contributed by atoms with E-state index in [1.54, 1.807) is 18.2 Å². The number of carbonyl (C=O) groups excluding carboxylic acids is 1. The number of hydrogen-bond donors (Lipinski definition) is 0. The van der Waals surface area contributed by atoms with Crippen molar-refractivity contribution in [3.05, 3.63) is 47.0 Å². The molecule has 2 heterocycles. The number of piperazine rings is 1. The van der Waals surface area contributed by atoms with Gasteiger partial charge in [-0.25, -0.2) is 8.42 Å². The van der Waals surface area contributed by atoms with Crippen LogP contribution in [-0.2, 0) is 10.0 Å². The van der Waals surface area contributed by atoms with Gasteiger partial charge in [0.15, 0.2) is 11.5 Å². The average Bonchev–Trinajstić information content (AvgIpc) is 2.74. The first-order chi connectivity index (χ1) is 13.9. The maximum Gasteiger partial charge on any atom is 0.243 e. The number of ether oxygens (including phenoxy) is 2. The van der Waals surface area contributed by atoms with Gasteiger partial charge in [-0.05, 0) is 49.2 Å². The topological polar surface area (TPSA) is 76.2 Å². The van der Waals surface area contributed by atoms with Gasteiger partial charge in [0, 0.05) is 43.5 Å². The highest BCUT2D eigenvalue weighted by molar-refractivity contribution is 7.89. The average molecular weight is 416 g/mol. The van der Waals surface area contributed by atoms with E-state index in [1.807, 2.05) is 26.0 Å². The van der Waals surface area contributed by atoms with Crippen molar-refractivity contribution in [2.24, 2.45) is 0 Å². The number of nitrogens with zero attached hydrogens (tertiary/aromatic N) is 2. The van der Waals surface area contributed by atoms with Gasteiger partial charge >= 0.3 is 0 Å². The molecule has 2 aliphatic heterocycles. The molecule has 0 aliphatic carbocycles. The summed E-state index contributed by atoms with van der Waals surface area (Å²) in [5.41, 5.74) is 3.67. The lowest BCUT2D eigenvalue weighted by atomic mass is 10.0. The van der Waals surface area contributed by atoms with Gasteiger partial charge < -0.3 is 14.4 Å². The molecule has 2 aromatic rings. The third-order valence-electron chi connectivity index (χ3n) is 5.44. The zero-order valence-corrected chi connectivity index (χ0v) is 17.4. The molecule has 2 aliphatic rings. The van der Waals surface area contributed by atoms with E-state index in [4.69, 9.17) is 9.47 Å². The van der Waals surface area contributed by atoms with Gasteiger partial charge in [0.25, 0.3) is 0 Å². The van der Waals surface area contributed by atoms with Crippen LogP contribution in [0.25, 0.3) is 0 Å². The van der Waals surface area contributed by atoms with Crippen molar-refractivity contribution in [2.75, 3.05) is 44.3 Å². The SMILES string of the molecule is Cc1cc(N2CCN(S(=O)(=O)c3ccc4c(c3)OCCO4)CC2)c(C)cc1C=O. The fourth-order valence-electron chi connectivity index (χ4n) is 3.79. The van der Waals surface area contributed by atoms with E-state index in [1.165, 1.54) is 4.31 Å². The molecule has 0 atom stereocenters. The number of hydrogen-bond acceptors (Lipinski definition) is 6. The minimum atomic E-state index is -3.61. The van der Waals surface area contributed by atoms with Crippen LogP contribution in [0, 0.1) is 13.8 Å². The molecule has 29 heavy (non-hydrogen) atoms. The van der Waals surface area contributed by atoms with Crippen LogP contribution in [0.2, 0.25) is 0 Å². The molecule has 2 aromatic carbocycles. The first-order valence-electron chi connectivity index (χ1n) is 9.61. The van der Waals surface area contributed by atoms with E-state index in [0.717, 1.165) is 23.1 Å². The number of fused-ring (bicyclic) bond motifs is 1. The normalized spacial score (nSPS) is 17.2. The number of benzene rings is 2. The van der Waals surface area contributed by atoms with Gasteiger partial charge in [0.1, 0.15) is 19.5 Å². The molecule has 0 saturated carbocycles. The lowest BCUT2D eigenvalue weighted by Crippen LogP contribution is -2.48. The quantitative estimate of drug-likeness (QED) is 0.713. The largest absolute Gasteiger partial charge is 0.486 e. The van der Waals surface area contributed by atoms with E-state index < -0.39 is 10.0 Å². The van der Waals surface area contributed by atoms with E-state index in [2.05, 4.69) is 4.90 Å². The Balaban J connectivity index is 1.51. The van der Waals surface area contributed by atoms with Crippen LogP contribution in [0.4, 0.5) is 5.69 Å². The first-order valence-corrected chi connectivity index (χ1v) is 11.1. The number of aldehydes is 1. The van der Waals surface area contributed by atoms with Crippen LogP contribution in [0.3, 0.4) is 0 Å². The predicted molar refractivity (Wildman–Crippen MR) is 110 cm³/mol. The second-order valence-corrected chi connectivity index (χ2v) is 9.25. The Hall–Kier alpha value is -2.58. The van der Waals surface area contributed by atoms with Crippen LogP contribution < -0.4 is 14.4 Å². The van der Waals surface area contributed by atoms with Crippen LogP contribution >= 0.6 is 0 Å². The molecule has 0 spiro atoms. The van der Waals surface area contributed by atoms with Crippen LogP contribution in [0.5, 0.6) is 11.5 Å². The van der Waals surface area contributed by atoms with Gasteiger partial charge in [-0.1, -0.05) is 0 Å². The highest BCUT2D eigenvalue weighted by Gasteiger charge is 2.30. The van der Waals surface area contributed by atoms with Crippen molar-refractivity contribution in [1.29, 1.82) is 0 Å². The Morgan fingerprint density at radius 3 is 2.28 bits per heavy atom. The molecular formula is C21H24N2O5S. The first kappa shape index (κ1) is 19.7. The smallest absolute Gasteiger partial charge is 0.243 e. The third kappa shape index (κ3) is 3.70. The zero-order valence-electron chi connectivity index (χ0n) is 16.6. The third-order valence-corrected chi connectivity index (χ3v) is 7.34. The fraction of sp³-hybridized carbons (Fsp3) is 0.381. The molecule has 0 amide bonds. The minimum absolute atomic E-state index is 0.220. The van der Waals surface area contributed by atoms with Gasteiger partial charge in [-0.15, -0.1) is 0 Å². The lowest BCUT2D eigenvalue weighted by Gasteiger charge is -2.36. The molecule has 7 nitrogen and oxygen atoms in total. The maximum absolute atomic E-state index is 13.1. The van der Waals surface area contributed by atoms with Crippen molar-refractivity contribution < 1.29 is 22.7 Å². The second kappa shape index (κ2) is 7.68. The molecular weight excluding hydrogens is 392 g/mol. The Kier molecular flexibility index (Phi) is 5.23. The summed E-state index contributed by atoms with van der Waals surface area (Å²) in [6.07, 6.45) is 0.865. The zero-order chi connectivity index (χ0) is 20.6. The molecule has 154 valence electrons. The molecule has 1 saturated heterocycles. The monoisotopic (exact) mass is 416 g/mol. The predicted octanol–water partition coefficient (Wildman–Crippen LogP) is 2.40. The summed E-state index contributed by atoms with van der Waals surface area (Å²) in [4.78, 5) is 13.5. The van der Waals surface area contributed by atoms with Crippen molar-refractivity contribution in [3.8, 4) is 11.5 Å². The van der Waals surface area contributed by atoms with Gasteiger partial charge in [0.2, 0.25) is 10.0 Å². The molecule has 0 N–H and O–H groups in total. The Bertz CT molecular complexity index is 1040.